The van der Waals surface area contributed by atoms with Gasteiger partial charge in [0.05, 0.1) is 0 Å². The predicted molar refractivity (Wildman–Crippen MR) is 35.2 cm³/mol. The lowest BCUT2D eigenvalue weighted by Crippen LogP contribution is -2.41. The monoisotopic (exact) mass is 169 g/mol. The Labute approximate surface area is 57.7 Å². The Hall–Kier alpha value is -0.440. The smallest absolute Gasteiger partial charge is 0.310 e. The molecule has 0 aromatic carbocycles. The van der Waals surface area contributed by atoms with Crippen molar-refractivity contribution in [2.24, 2.45) is 10.9 Å². The Balaban J connectivity index is 3.67. The van der Waals surface area contributed by atoms with E-state index in [0.29, 0.717) is 0 Å². The molecule has 6 nitrogen and oxygen atoms in total. The Bertz CT molecular complexity index is 195. The van der Waals surface area contributed by atoms with E-state index >= 15 is 0 Å². The molecule has 0 aromatic heterocycles. The van der Waals surface area contributed by atoms with Crippen LogP contribution in [0.15, 0.2) is 0 Å². The zero-order valence-electron chi connectivity index (χ0n) is 4.23. The molecule has 5 N–H and O–H groups in total. The molecule has 0 heterocycles. The van der Waals surface area contributed by atoms with Gasteiger partial charge in [-0.3, -0.25) is 5.43 Å². The molecular weight excluding hydrogens is 164 g/mol. The maximum Gasteiger partial charge on any atom is 0.310 e. The van der Waals surface area contributed by atoms with Crippen LogP contribution in [0.5, 0.6) is 0 Å². The van der Waals surface area contributed by atoms with Crippen LogP contribution in [0.4, 0.5) is 0 Å². The maximum absolute atomic E-state index is 9.97. The molecule has 1 radical (unpaired) electrons. The Morgan fingerprint density at radius 2 is 2.11 bits per heavy atom. The number of hydrogen-bond donors (Lipinski definition) is 3. The van der Waals surface area contributed by atoms with Gasteiger partial charge < -0.3 is 5.73 Å². The topological polar surface area (TPSA) is 112 Å². The third kappa shape index (κ3) is 7.56. The van der Waals surface area contributed by atoms with Gasteiger partial charge >= 0.3 is 10.2 Å². The molecule has 0 bridgehead atoms. The van der Waals surface area contributed by atoms with Gasteiger partial charge in [-0.1, -0.05) is 0 Å². The lowest BCUT2D eigenvalue weighted by atomic mass is 11.2. The first kappa shape index (κ1) is 8.56. The summed E-state index contributed by atoms with van der Waals surface area (Å²) in [5, 5.41) is 4.17. The van der Waals surface area contributed by atoms with Crippen molar-refractivity contribution in [1.29, 1.82) is 0 Å². The van der Waals surface area contributed by atoms with Crippen LogP contribution in [0.25, 0.3) is 0 Å². The molecule has 9 heavy (non-hydrogen) atoms. The van der Waals surface area contributed by atoms with Gasteiger partial charge in [0.1, 0.15) is 0 Å². The van der Waals surface area contributed by atoms with Crippen molar-refractivity contribution in [3.8, 4) is 0 Å². The minimum absolute atomic E-state index is 0.246. The maximum atomic E-state index is 9.97. The minimum Gasteiger partial charge on any atom is -0.375 e. The van der Waals surface area contributed by atoms with Crippen LogP contribution < -0.4 is 21.1 Å². The van der Waals surface area contributed by atoms with Crippen LogP contribution in [-0.2, 0) is 10.2 Å². The molecule has 0 rings (SSSR count). The summed E-state index contributed by atoms with van der Waals surface area (Å²) in [6, 6.07) is 0. The number of nitrogens with zero attached hydrogens (tertiary/aromatic N) is 1. The van der Waals surface area contributed by atoms with E-state index in [9.17, 15) is 8.42 Å². The molecule has 0 atom stereocenters. The first-order valence-corrected chi connectivity index (χ1v) is 3.63. The SMILES string of the molecule is NC(=S)N[N]S(N)(=O)=O. The molecule has 0 aliphatic rings. The average molecular weight is 169 g/mol. The number of thiocarbonyl (C=S) groups is 1. The zero-order valence-corrected chi connectivity index (χ0v) is 5.87. The highest BCUT2D eigenvalue weighted by molar-refractivity contribution is 7.87. The van der Waals surface area contributed by atoms with Crippen molar-refractivity contribution >= 4 is 27.5 Å². The van der Waals surface area contributed by atoms with Gasteiger partial charge in [0.15, 0.2) is 5.11 Å². The van der Waals surface area contributed by atoms with E-state index < -0.39 is 10.2 Å². The molecule has 0 fully saturated rings. The largest absolute Gasteiger partial charge is 0.375 e. The fourth-order valence-corrected chi connectivity index (χ4v) is 0.438. The van der Waals surface area contributed by atoms with Crippen LogP contribution in [0.3, 0.4) is 0 Å². The Morgan fingerprint density at radius 3 is 2.22 bits per heavy atom. The minimum atomic E-state index is -3.87. The summed E-state index contributed by atoms with van der Waals surface area (Å²) in [5.74, 6) is 0. The lowest BCUT2D eigenvalue weighted by Gasteiger charge is -1.97. The number of hydrogen-bond acceptors (Lipinski definition) is 3. The summed E-state index contributed by atoms with van der Waals surface area (Å²) >= 11 is 4.22. The van der Waals surface area contributed by atoms with Gasteiger partial charge in [-0.15, -0.1) is 0 Å². The van der Waals surface area contributed by atoms with Gasteiger partial charge in [0, 0.05) is 4.83 Å². The van der Waals surface area contributed by atoms with E-state index in [4.69, 9.17) is 5.73 Å². The van der Waals surface area contributed by atoms with Crippen molar-refractivity contribution in [2.45, 2.75) is 0 Å². The van der Waals surface area contributed by atoms with Gasteiger partial charge in [-0.05, 0) is 12.2 Å². The summed E-state index contributed by atoms with van der Waals surface area (Å²) in [5.41, 5.74) is 6.61. The fourth-order valence-electron chi connectivity index (χ4n) is 0.109. The molecule has 0 aliphatic heterocycles. The quantitative estimate of drug-likeness (QED) is 0.313. The van der Waals surface area contributed by atoms with Crippen molar-refractivity contribution < 1.29 is 8.42 Å². The van der Waals surface area contributed by atoms with Crippen molar-refractivity contribution in [1.82, 2.24) is 10.3 Å². The molecule has 0 saturated heterocycles. The normalized spacial score (nSPS) is 10.8. The summed E-state index contributed by atoms with van der Waals surface area (Å²) in [6.07, 6.45) is 0. The summed E-state index contributed by atoms with van der Waals surface area (Å²) in [7, 11) is -3.87. The first-order chi connectivity index (χ1) is 3.92. The molecule has 0 amide bonds. The summed E-state index contributed by atoms with van der Waals surface area (Å²) in [4.78, 5) is 2.69. The number of nitrogens with two attached hydrogens (primary N) is 2. The van der Waals surface area contributed by atoms with E-state index in [2.05, 4.69) is 22.2 Å². The molecule has 0 unspecified atom stereocenters. The van der Waals surface area contributed by atoms with E-state index in [-0.39, 0.29) is 5.11 Å². The Morgan fingerprint density at radius 1 is 1.67 bits per heavy atom. The van der Waals surface area contributed by atoms with E-state index in [1.807, 2.05) is 0 Å². The molecule has 8 heteroatoms. The molecule has 0 saturated carbocycles. The molecule has 0 aliphatic carbocycles. The second-order valence-corrected chi connectivity index (χ2v) is 2.73. The standard InChI is InChI=1S/CH5N4O2S2/c2-1(8)4-5-9(3,6)7/h(H3,2,4,8)(H2,3,6,7). The third-order valence-electron chi connectivity index (χ3n) is 0.283. The molecule has 53 valence electrons. The van der Waals surface area contributed by atoms with Crippen LogP contribution in [0, 0.1) is 0 Å². The van der Waals surface area contributed by atoms with Gasteiger partial charge in [-0.25, -0.2) is 5.14 Å². The third-order valence-corrected chi connectivity index (χ3v) is 0.720. The summed E-state index contributed by atoms with van der Waals surface area (Å²) in [6.45, 7) is 0. The van der Waals surface area contributed by atoms with Crippen molar-refractivity contribution in [3.63, 3.8) is 0 Å². The van der Waals surface area contributed by atoms with Crippen molar-refractivity contribution in [2.75, 3.05) is 0 Å². The average Bonchev–Trinajstić information content (AvgIpc) is 1.59. The van der Waals surface area contributed by atoms with Crippen LogP contribution >= 0.6 is 12.2 Å². The first-order valence-electron chi connectivity index (χ1n) is 1.72. The molecular formula is CH5N4O2S2. The number of rotatable bonds is 2. The molecule has 0 aromatic rings. The highest BCUT2D eigenvalue weighted by atomic mass is 32.2. The van der Waals surface area contributed by atoms with Crippen LogP contribution in [0.1, 0.15) is 0 Å². The predicted octanol–water partition coefficient (Wildman–Crippen LogP) is -2.46. The second kappa shape index (κ2) is 2.92. The van der Waals surface area contributed by atoms with Crippen LogP contribution in [-0.4, -0.2) is 13.5 Å². The molecule has 0 spiro atoms. The second-order valence-electron chi connectivity index (χ2n) is 1.08. The van der Waals surface area contributed by atoms with Crippen LogP contribution in [0.2, 0.25) is 0 Å². The zero-order chi connectivity index (χ0) is 7.49. The fraction of sp³-hybridized carbons (Fsp3) is 0. The van der Waals surface area contributed by atoms with Gasteiger partial charge in [0.2, 0.25) is 0 Å². The summed E-state index contributed by atoms with van der Waals surface area (Å²) < 4.78 is 19.9. The highest BCUT2D eigenvalue weighted by Gasteiger charge is 2.00. The number of nitrogens with one attached hydrogen (secondary N) is 1. The van der Waals surface area contributed by atoms with E-state index in [0.717, 1.165) is 0 Å². The van der Waals surface area contributed by atoms with Gasteiger partial charge in [0.25, 0.3) is 0 Å². The van der Waals surface area contributed by atoms with Crippen molar-refractivity contribution in [3.05, 3.63) is 0 Å². The Kier molecular flexibility index (Phi) is 2.77. The van der Waals surface area contributed by atoms with E-state index in [1.165, 1.54) is 0 Å². The van der Waals surface area contributed by atoms with E-state index in [1.54, 1.807) is 5.43 Å². The highest BCUT2D eigenvalue weighted by Crippen LogP contribution is 1.63. The lowest BCUT2D eigenvalue weighted by molar-refractivity contribution is 0.577. The van der Waals surface area contributed by atoms with Gasteiger partial charge in [-0.2, -0.15) is 8.42 Å².